The molecule has 3 aromatic heterocycles. The van der Waals surface area contributed by atoms with Crippen molar-refractivity contribution in [1.29, 1.82) is 0 Å². The molecule has 0 saturated carbocycles. The van der Waals surface area contributed by atoms with Gasteiger partial charge in [-0.05, 0) is 30.1 Å². The van der Waals surface area contributed by atoms with Crippen molar-refractivity contribution >= 4 is 23.1 Å². The Balaban J connectivity index is 1.75. The zero-order valence-electron chi connectivity index (χ0n) is 11.2. The van der Waals surface area contributed by atoms with Crippen LogP contribution in [-0.2, 0) is 6.42 Å². The fraction of sp³-hybridized carbons (Fsp3) is 0.154. The predicted molar refractivity (Wildman–Crippen MR) is 78.6 cm³/mol. The highest BCUT2D eigenvalue weighted by Gasteiger charge is 2.15. The summed E-state index contributed by atoms with van der Waals surface area (Å²) < 4.78 is 5.59. The summed E-state index contributed by atoms with van der Waals surface area (Å²) >= 11 is 1.10. The third kappa shape index (κ3) is 2.79. The molecule has 106 valence electrons. The third-order valence-electron chi connectivity index (χ3n) is 2.87. The number of imidazole rings is 1. The topological polar surface area (TPSA) is 85.6 Å². The number of aryl methyl sites for hydroxylation is 1. The lowest BCUT2D eigenvalue weighted by Gasteiger charge is -2.05. The first-order chi connectivity index (χ1) is 10.3. The van der Waals surface area contributed by atoms with Gasteiger partial charge in [0.15, 0.2) is 0 Å². The molecule has 21 heavy (non-hydrogen) atoms. The summed E-state index contributed by atoms with van der Waals surface area (Å²) in [6.07, 6.45) is 7.43. The lowest BCUT2D eigenvalue weighted by Crippen LogP contribution is -2.12. The summed E-state index contributed by atoms with van der Waals surface area (Å²) in [6, 6.07) is 3.60. The van der Waals surface area contributed by atoms with E-state index in [1.165, 1.54) is 0 Å². The van der Waals surface area contributed by atoms with Crippen molar-refractivity contribution in [2.75, 3.05) is 5.32 Å². The predicted octanol–water partition coefficient (Wildman–Crippen LogP) is 1.93. The van der Waals surface area contributed by atoms with Gasteiger partial charge in [0, 0.05) is 12.4 Å². The molecule has 0 saturated heterocycles. The maximum absolute atomic E-state index is 12.1. The summed E-state index contributed by atoms with van der Waals surface area (Å²) in [7, 11) is 0. The molecule has 0 aliphatic heterocycles. The van der Waals surface area contributed by atoms with Gasteiger partial charge in [-0.15, -0.1) is 5.10 Å². The van der Waals surface area contributed by atoms with Crippen molar-refractivity contribution in [3.8, 4) is 5.82 Å². The molecule has 3 aromatic rings. The number of carbonyl (C=O) groups excluding carboxylic acids is 1. The number of amides is 1. The van der Waals surface area contributed by atoms with Crippen LogP contribution in [0.4, 0.5) is 5.69 Å². The molecule has 0 spiro atoms. The van der Waals surface area contributed by atoms with Crippen LogP contribution in [-0.4, -0.2) is 30.0 Å². The van der Waals surface area contributed by atoms with Gasteiger partial charge in [-0.1, -0.05) is 11.4 Å². The lowest BCUT2D eigenvalue weighted by atomic mass is 10.3. The molecule has 0 fully saturated rings. The van der Waals surface area contributed by atoms with Crippen molar-refractivity contribution in [3.05, 3.63) is 47.6 Å². The minimum Gasteiger partial charge on any atom is -0.320 e. The second kappa shape index (κ2) is 5.80. The van der Waals surface area contributed by atoms with Crippen molar-refractivity contribution in [2.45, 2.75) is 13.3 Å². The SMILES string of the molecule is CCc1nnsc1C(=O)Nc1ccc(-n2ccnc2)nc1. The molecule has 8 heteroatoms. The molecule has 0 aliphatic rings. The Morgan fingerprint density at radius 2 is 2.33 bits per heavy atom. The molecular weight excluding hydrogens is 288 g/mol. The summed E-state index contributed by atoms with van der Waals surface area (Å²) in [5.41, 5.74) is 1.33. The Morgan fingerprint density at radius 3 is 3.00 bits per heavy atom. The molecule has 0 radical (unpaired) electrons. The van der Waals surface area contributed by atoms with Gasteiger partial charge in [0.05, 0.1) is 17.6 Å². The van der Waals surface area contributed by atoms with E-state index in [4.69, 9.17) is 0 Å². The third-order valence-corrected chi connectivity index (χ3v) is 3.64. The molecule has 0 atom stereocenters. The zero-order valence-corrected chi connectivity index (χ0v) is 12.0. The second-order valence-corrected chi connectivity index (χ2v) is 4.99. The Hall–Kier alpha value is -2.61. The number of carbonyl (C=O) groups is 1. The summed E-state index contributed by atoms with van der Waals surface area (Å²) in [5, 5.41) is 6.72. The van der Waals surface area contributed by atoms with Gasteiger partial charge in [-0.2, -0.15) is 0 Å². The average Bonchev–Trinajstić information content (AvgIpc) is 3.19. The van der Waals surface area contributed by atoms with Crippen molar-refractivity contribution in [1.82, 2.24) is 24.1 Å². The van der Waals surface area contributed by atoms with Crippen LogP contribution >= 0.6 is 11.5 Å². The molecular formula is C13H12N6OS. The molecule has 0 bridgehead atoms. The molecule has 1 N–H and O–H groups in total. The van der Waals surface area contributed by atoms with Gasteiger partial charge in [0.2, 0.25) is 0 Å². The van der Waals surface area contributed by atoms with Gasteiger partial charge in [-0.25, -0.2) is 9.97 Å². The highest BCUT2D eigenvalue weighted by Crippen LogP contribution is 2.15. The number of aromatic nitrogens is 5. The summed E-state index contributed by atoms with van der Waals surface area (Å²) in [5.74, 6) is 0.526. The normalized spacial score (nSPS) is 10.5. The molecule has 7 nitrogen and oxygen atoms in total. The standard InChI is InChI=1S/C13H12N6OS/c1-2-10-12(21-18-17-10)13(20)16-9-3-4-11(15-7-9)19-6-5-14-8-19/h3-8H,2H2,1H3,(H,16,20). The van der Waals surface area contributed by atoms with Crippen molar-refractivity contribution in [3.63, 3.8) is 0 Å². The maximum atomic E-state index is 12.1. The number of hydrogen-bond acceptors (Lipinski definition) is 6. The van der Waals surface area contributed by atoms with Crippen LogP contribution in [0.1, 0.15) is 22.3 Å². The minimum atomic E-state index is -0.209. The lowest BCUT2D eigenvalue weighted by molar-refractivity contribution is 0.102. The van der Waals surface area contributed by atoms with E-state index in [2.05, 4.69) is 24.9 Å². The number of rotatable bonds is 4. The van der Waals surface area contributed by atoms with E-state index in [9.17, 15) is 4.79 Å². The molecule has 3 heterocycles. The van der Waals surface area contributed by atoms with Gasteiger partial charge in [-0.3, -0.25) is 9.36 Å². The van der Waals surface area contributed by atoms with Crippen LogP contribution in [0.5, 0.6) is 0 Å². The Morgan fingerprint density at radius 1 is 1.43 bits per heavy atom. The molecule has 3 rings (SSSR count). The van der Waals surface area contributed by atoms with Crippen LogP contribution in [0.25, 0.3) is 5.82 Å². The van der Waals surface area contributed by atoms with E-state index < -0.39 is 0 Å². The van der Waals surface area contributed by atoms with Crippen LogP contribution < -0.4 is 5.32 Å². The second-order valence-electron chi connectivity index (χ2n) is 4.23. The fourth-order valence-corrected chi connectivity index (χ4v) is 2.45. The minimum absolute atomic E-state index is 0.209. The van der Waals surface area contributed by atoms with E-state index in [0.29, 0.717) is 22.7 Å². The monoisotopic (exact) mass is 300 g/mol. The van der Waals surface area contributed by atoms with Crippen LogP contribution in [0, 0.1) is 0 Å². The van der Waals surface area contributed by atoms with Gasteiger partial charge in [0.25, 0.3) is 5.91 Å². The smallest absolute Gasteiger partial charge is 0.269 e. The van der Waals surface area contributed by atoms with E-state index in [1.54, 1.807) is 35.6 Å². The Bertz CT molecular complexity index is 734. The fourth-order valence-electron chi connectivity index (χ4n) is 1.81. The highest BCUT2D eigenvalue weighted by atomic mass is 32.1. The van der Waals surface area contributed by atoms with Crippen molar-refractivity contribution < 1.29 is 4.79 Å². The molecule has 0 aromatic carbocycles. The van der Waals surface area contributed by atoms with E-state index in [0.717, 1.165) is 17.4 Å². The number of anilines is 1. The first-order valence-electron chi connectivity index (χ1n) is 6.35. The van der Waals surface area contributed by atoms with Crippen LogP contribution in [0.2, 0.25) is 0 Å². The maximum Gasteiger partial charge on any atom is 0.269 e. The van der Waals surface area contributed by atoms with Crippen LogP contribution in [0.3, 0.4) is 0 Å². The zero-order chi connectivity index (χ0) is 14.7. The van der Waals surface area contributed by atoms with Gasteiger partial charge < -0.3 is 5.32 Å². The number of pyridine rings is 1. The number of nitrogens with zero attached hydrogens (tertiary/aromatic N) is 5. The number of nitrogens with one attached hydrogen (secondary N) is 1. The first-order valence-corrected chi connectivity index (χ1v) is 7.12. The largest absolute Gasteiger partial charge is 0.320 e. The van der Waals surface area contributed by atoms with E-state index in [1.807, 2.05) is 13.0 Å². The van der Waals surface area contributed by atoms with Gasteiger partial charge in [0.1, 0.15) is 17.0 Å². The molecule has 0 aliphatic carbocycles. The summed E-state index contributed by atoms with van der Waals surface area (Å²) in [4.78, 5) is 20.9. The Kier molecular flexibility index (Phi) is 3.69. The van der Waals surface area contributed by atoms with Gasteiger partial charge >= 0.3 is 0 Å². The number of hydrogen-bond donors (Lipinski definition) is 1. The summed E-state index contributed by atoms with van der Waals surface area (Å²) in [6.45, 7) is 1.94. The van der Waals surface area contributed by atoms with Crippen LogP contribution in [0.15, 0.2) is 37.1 Å². The average molecular weight is 300 g/mol. The van der Waals surface area contributed by atoms with Crippen molar-refractivity contribution in [2.24, 2.45) is 0 Å². The Labute approximate surface area is 124 Å². The van der Waals surface area contributed by atoms with E-state index >= 15 is 0 Å². The first kappa shape index (κ1) is 13.4. The van der Waals surface area contributed by atoms with E-state index in [-0.39, 0.29) is 5.91 Å². The molecule has 1 amide bonds. The highest BCUT2D eigenvalue weighted by molar-refractivity contribution is 7.08. The molecule has 0 unspecified atom stereocenters. The quantitative estimate of drug-likeness (QED) is 0.795.